The van der Waals surface area contributed by atoms with Crippen LogP contribution in [0.4, 0.5) is 0 Å². The number of carbonyl (C=O) groups is 1. The second-order valence-electron chi connectivity index (χ2n) is 11.3. The van der Waals surface area contributed by atoms with E-state index in [1.165, 1.54) is 18.3 Å². The molecule has 9 nitrogen and oxygen atoms in total. The highest BCUT2D eigenvalue weighted by atomic mass is 35.5. The van der Waals surface area contributed by atoms with Crippen molar-refractivity contribution in [3.8, 4) is 34.4 Å². The highest BCUT2D eigenvalue weighted by Gasteiger charge is 2.20. The molecule has 1 unspecified atom stereocenters. The number of hydrogen-bond acceptors (Lipinski definition) is 8. The van der Waals surface area contributed by atoms with E-state index in [1.807, 2.05) is 37.3 Å². The number of carboxylic acids is 1. The fourth-order valence-electron chi connectivity index (χ4n) is 5.56. The van der Waals surface area contributed by atoms with Gasteiger partial charge in [0.1, 0.15) is 42.1 Å². The van der Waals surface area contributed by atoms with Gasteiger partial charge < -0.3 is 29.3 Å². The van der Waals surface area contributed by atoms with Gasteiger partial charge in [-0.15, -0.1) is 0 Å². The summed E-state index contributed by atoms with van der Waals surface area (Å²) < 4.78 is 18.1. The van der Waals surface area contributed by atoms with Crippen LogP contribution in [-0.2, 0) is 13.2 Å². The number of β-amino-alcohol motifs (C(OH)–C–C–N with tert-alkyl or cyclic N) is 1. The van der Waals surface area contributed by atoms with Crippen LogP contribution < -0.4 is 14.2 Å². The average Bonchev–Trinajstić information content (AvgIpc) is 3.47. The lowest BCUT2D eigenvalue weighted by atomic mass is 9.93. The van der Waals surface area contributed by atoms with Crippen LogP contribution in [-0.4, -0.2) is 58.4 Å². The van der Waals surface area contributed by atoms with Gasteiger partial charge in [0.2, 0.25) is 0 Å². The average molecular weight is 642 g/mol. The van der Waals surface area contributed by atoms with E-state index in [4.69, 9.17) is 31.1 Å². The highest BCUT2D eigenvalue weighted by molar-refractivity contribution is 6.32. The van der Waals surface area contributed by atoms with Crippen molar-refractivity contribution < 1.29 is 29.2 Å². The van der Waals surface area contributed by atoms with E-state index >= 15 is 0 Å². The summed E-state index contributed by atoms with van der Waals surface area (Å²) in [5.41, 5.74) is 6.03. The van der Waals surface area contributed by atoms with Crippen molar-refractivity contribution in [2.45, 2.75) is 46.0 Å². The van der Waals surface area contributed by atoms with Crippen LogP contribution in [0.15, 0.2) is 67.0 Å². The van der Waals surface area contributed by atoms with Crippen LogP contribution in [0.2, 0.25) is 5.02 Å². The monoisotopic (exact) mass is 641 g/mol. The minimum absolute atomic E-state index is 0.00966. The van der Waals surface area contributed by atoms with Crippen LogP contribution >= 0.6 is 11.6 Å². The normalized spacial score (nSPS) is 14.5. The van der Waals surface area contributed by atoms with E-state index in [9.17, 15) is 15.0 Å². The summed E-state index contributed by atoms with van der Waals surface area (Å²) in [7, 11) is 0. The first-order chi connectivity index (χ1) is 22.2. The number of rotatable bonds is 13. The molecule has 0 amide bonds. The molecule has 4 aromatic rings. The lowest BCUT2D eigenvalue weighted by molar-refractivity contribution is 0.0691. The number of carboxylic acid groups (broad SMARTS) is 1. The van der Waals surface area contributed by atoms with Crippen LogP contribution in [0, 0.1) is 25.2 Å². The molecule has 5 rings (SSSR count). The minimum Gasteiger partial charge on any atom is -0.493 e. The molecule has 3 aromatic carbocycles. The lowest BCUT2D eigenvalue weighted by Gasteiger charge is -2.18. The van der Waals surface area contributed by atoms with Gasteiger partial charge in [-0.25, -0.2) is 4.79 Å². The molecule has 238 valence electrons. The van der Waals surface area contributed by atoms with Crippen molar-refractivity contribution in [1.82, 2.24) is 9.88 Å². The summed E-state index contributed by atoms with van der Waals surface area (Å²) in [5.74, 6) is 0.0208. The van der Waals surface area contributed by atoms with E-state index in [1.54, 1.807) is 12.3 Å². The largest absolute Gasteiger partial charge is 0.493 e. The molecule has 2 N–H and O–H groups in total. The molecule has 0 radical (unpaired) electrons. The number of nitriles is 1. The molecule has 1 fully saturated rings. The summed E-state index contributed by atoms with van der Waals surface area (Å²) in [6.45, 7) is 7.47. The Morgan fingerprint density at radius 2 is 1.76 bits per heavy atom. The van der Waals surface area contributed by atoms with E-state index in [0.29, 0.717) is 17.7 Å². The van der Waals surface area contributed by atoms with Crippen molar-refractivity contribution in [3.63, 3.8) is 0 Å². The number of aliphatic hydroxyl groups is 1. The standard InChI is InChI=1S/C36H36ClN3O6/c1-23-27(6-3-7-29(23)30-8-4-9-33(24(30)2)44-13-5-11-40-12-10-28(41)20-40)22-46-35-16-34(31(36(42)43)15-32(35)37)45-21-26-14-25(17-38)18-39-19-26/h3-4,6-9,14-16,18-19,28,41H,5,10-13,20-22H2,1-2H3,(H,42,43). The molecule has 2 heterocycles. The van der Waals surface area contributed by atoms with Crippen LogP contribution in [0.3, 0.4) is 0 Å². The van der Waals surface area contributed by atoms with Gasteiger partial charge >= 0.3 is 5.97 Å². The maximum absolute atomic E-state index is 11.9. The zero-order chi connectivity index (χ0) is 32.6. The fourth-order valence-corrected chi connectivity index (χ4v) is 5.77. The predicted molar refractivity (Wildman–Crippen MR) is 175 cm³/mol. The van der Waals surface area contributed by atoms with Gasteiger partial charge in [0.05, 0.1) is 23.3 Å². The Kier molecular flexibility index (Phi) is 10.8. The third-order valence-corrected chi connectivity index (χ3v) is 8.41. The summed E-state index contributed by atoms with van der Waals surface area (Å²) >= 11 is 6.45. The predicted octanol–water partition coefficient (Wildman–Crippen LogP) is 6.58. The first kappa shape index (κ1) is 32.8. The molecule has 0 aliphatic carbocycles. The Morgan fingerprint density at radius 3 is 2.50 bits per heavy atom. The molecule has 1 aliphatic heterocycles. The van der Waals surface area contributed by atoms with Gasteiger partial charge in [-0.2, -0.15) is 5.26 Å². The van der Waals surface area contributed by atoms with Crippen molar-refractivity contribution in [2.24, 2.45) is 0 Å². The molecule has 0 spiro atoms. The second kappa shape index (κ2) is 15.1. The van der Waals surface area contributed by atoms with Gasteiger partial charge in [0.25, 0.3) is 0 Å². The van der Waals surface area contributed by atoms with E-state index < -0.39 is 5.97 Å². The van der Waals surface area contributed by atoms with Crippen molar-refractivity contribution in [3.05, 3.63) is 105 Å². The molecule has 0 bridgehead atoms. The van der Waals surface area contributed by atoms with Crippen LogP contribution in [0.25, 0.3) is 11.1 Å². The Morgan fingerprint density at radius 1 is 1.00 bits per heavy atom. The number of aliphatic hydroxyl groups excluding tert-OH is 1. The van der Waals surface area contributed by atoms with E-state index in [-0.39, 0.29) is 41.4 Å². The van der Waals surface area contributed by atoms with Crippen molar-refractivity contribution >= 4 is 17.6 Å². The Hall–Kier alpha value is -4.62. The fraction of sp³-hybridized carbons (Fsp3) is 0.306. The molecule has 0 saturated carbocycles. The molecular formula is C36H36ClN3O6. The molecule has 46 heavy (non-hydrogen) atoms. The smallest absolute Gasteiger partial charge is 0.339 e. The highest BCUT2D eigenvalue weighted by Crippen LogP contribution is 2.36. The number of nitrogens with zero attached hydrogens (tertiary/aromatic N) is 3. The summed E-state index contributed by atoms with van der Waals surface area (Å²) in [5, 5.41) is 28.8. The number of aromatic nitrogens is 1. The number of ether oxygens (including phenoxy) is 3. The molecular weight excluding hydrogens is 606 g/mol. The minimum atomic E-state index is -1.19. The molecule has 10 heteroatoms. The van der Waals surface area contributed by atoms with E-state index in [2.05, 4.69) is 28.9 Å². The zero-order valence-corrected chi connectivity index (χ0v) is 26.6. The second-order valence-corrected chi connectivity index (χ2v) is 11.7. The third kappa shape index (κ3) is 7.96. The molecule has 1 aromatic heterocycles. The first-order valence-electron chi connectivity index (χ1n) is 15.1. The number of halogens is 1. The van der Waals surface area contributed by atoms with Crippen LogP contribution in [0.5, 0.6) is 17.2 Å². The van der Waals surface area contributed by atoms with Gasteiger partial charge in [-0.3, -0.25) is 4.98 Å². The SMILES string of the molecule is Cc1c(COc2cc(OCc3cncc(C#N)c3)c(C(=O)O)cc2Cl)cccc1-c1cccc(OCCCN2CCC(O)C2)c1C. The van der Waals surface area contributed by atoms with Crippen LogP contribution in [0.1, 0.15) is 51.0 Å². The molecule has 1 saturated heterocycles. The number of benzene rings is 3. The summed E-state index contributed by atoms with van der Waals surface area (Å²) in [6.07, 6.45) is 4.50. The van der Waals surface area contributed by atoms with Crippen molar-refractivity contribution in [2.75, 3.05) is 26.2 Å². The number of pyridine rings is 1. The lowest BCUT2D eigenvalue weighted by Crippen LogP contribution is -2.24. The Bertz CT molecular complexity index is 1750. The van der Waals surface area contributed by atoms with Gasteiger partial charge in [-0.05, 0) is 72.7 Å². The zero-order valence-electron chi connectivity index (χ0n) is 25.8. The maximum atomic E-state index is 11.9. The maximum Gasteiger partial charge on any atom is 0.339 e. The van der Waals surface area contributed by atoms with Gasteiger partial charge in [0, 0.05) is 43.7 Å². The molecule has 1 atom stereocenters. The first-order valence-corrected chi connectivity index (χ1v) is 15.5. The summed E-state index contributed by atoms with van der Waals surface area (Å²) in [6, 6.07) is 18.5. The summed E-state index contributed by atoms with van der Waals surface area (Å²) in [4.78, 5) is 18.2. The Labute approximate surface area is 273 Å². The van der Waals surface area contributed by atoms with E-state index in [0.717, 1.165) is 66.0 Å². The quantitative estimate of drug-likeness (QED) is 0.156. The Balaban J connectivity index is 1.28. The third-order valence-electron chi connectivity index (χ3n) is 8.11. The molecule has 1 aliphatic rings. The number of hydrogen-bond donors (Lipinski definition) is 2. The number of aromatic carboxylic acids is 1. The van der Waals surface area contributed by atoms with Gasteiger partial charge in [-0.1, -0.05) is 41.9 Å². The van der Waals surface area contributed by atoms with Crippen molar-refractivity contribution in [1.29, 1.82) is 5.26 Å². The van der Waals surface area contributed by atoms with Gasteiger partial charge in [0.15, 0.2) is 0 Å². The topological polar surface area (TPSA) is 125 Å². The number of likely N-dealkylation sites (tertiary alicyclic amines) is 1.